The molecule has 0 spiro atoms. The number of pyridine rings is 1. The molecule has 4 N–H and O–H groups in total. The number of hydrogen-bond donors (Lipinski definition) is 3. The summed E-state index contributed by atoms with van der Waals surface area (Å²) in [5.74, 6) is 0.724. The van der Waals surface area contributed by atoms with E-state index in [1.807, 2.05) is 19.1 Å². The van der Waals surface area contributed by atoms with Gasteiger partial charge in [0, 0.05) is 29.8 Å². The van der Waals surface area contributed by atoms with Crippen molar-refractivity contribution < 1.29 is 18.8 Å². The Morgan fingerprint density at radius 3 is 3.03 bits per heavy atom. The number of nitrogens with zero attached hydrogens (tertiary/aromatic N) is 2. The monoisotopic (exact) mass is 469 g/mol. The summed E-state index contributed by atoms with van der Waals surface area (Å²) < 4.78 is 10.5. The number of nitrogen functional groups attached to an aromatic ring is 1. The molecule has 1 aliphatic carbocycles. The minimum Gasteiger partial charge on any atom is -0.449 e. The second-order valence-electron chi connectivity index (χ2n) is 8.15. The third-order valence-corrected chi connectivity index (χ3v) is 6.74. The zero-order valence-corrected chi connectivity index (χ0v) is 19.2. The summed E-state index contributed by atoms with van der Waals surface area (Å²) in [4.78, 5) is 29.6. The molecule has 3 heterocycles. The summed E-state index contributed by atoms with van der Waals surface area (Å²) in [6.07, 6.45) is 6.43. The predicted molar refractivity (Wildman–Crippen MR) is 125 cm³/mol. The van der Waals surface area contributed by atoms with Crippen LogP contribution in [-0.2, 0) is 35.3 Å². The van der Waals surface area contributed by atoms with Gasteiger partial charge in [0.25, 0.3) is 0 Å². The number of hydrogen-bond acceptors (Lipinski definition) is 8. The molecule has 9 nitrogen and oxygen atoms in total. The molecule has 0 aliphatic heterocycles. The Kier molecular flexibility index (Phi) is 7.23. The van der Waals surface area contributed by atoms with E-state index >= 15 is 0 Å². The lowest BCUT2D eigenvalue weighted by Crippen LogP contribution is -2.27. The summed E-state index contributed by atoms with van der Waals surface area (Å²) in [6.45, 7) is 2.38. The maximum Gasteiger partial charge on any atom is 0.407 e. The number of nitrogens with two attached hydrogens (primary N) is 1. The fourth-order valence-corrected chi connectivity index (χ4v) is 5.11. The third-order valence-electron chi connectivity index (χ3n) is 5.56. The molecule has 3 aromatic rings. The van der Waals surface area contributed by atoms with Crippen molar-refractivity contribution in [1.82, 2.24) is 15.5 Å². The second kappa shape index (κ2) is 10.5. The van der Waals surface area contributed by atoms with E-state index in [1.54, 1.807) is 18.5 Å². The van der Waals surface area contributed by atoms with Crippen molar-refractivity contribution in [3.05, 3.63) is 58.1 Å². The first-order valence-corrected chi connectivity index (χ1v) is 11.7. The number of nitrogens with one attached hydrogen (secondary N) is 2. The van der Waals surface area contributed by atoms with Crippen LogP contribution < -0.4 is 16.4 Å². The fourth-order valence-electron chi connectivity index (χ4n) is 3.81. The van der Waals surface area contributed by atoms with Crippen LogP contribution in [0.15, 0.2) is 35.1 Å². The SMILES string of the molecule is Cc1cc(CNC(=O)OCC2CCc3c(sc(NC(=O)CCc4cccnc4)c3N)C2)on1. The number of carbonyl (C=O) groups excluding carboxylic acids is 2. The van der Waals surface area contributed by atoms with Crippen LogP contribution in [0.4, 0.5) is 15.5 Å². The lowest BCUT2D eigenvalue weighted by atomic mass is 9.89. The summed E-state index contributed by atoms with van der Waals surface area (Å²) in [5.41, 5.74) is 9.86. The minimum absolute atomic E-state index is 0.0670. The predicted octanol–water partition coefficient (Wildman–Crippen LogP) is 3.62. The minimum atomic E-state index is -0.484. The van der Waals surface area contributed by atoms with Crippen molar-refractivity contribution in [3.8, 4) is 0 Å². The van der Waals surface area contributed by atoms with Crippen molar-refractivity contribution >= 4 is 34.0 Å². The quantitative estimate of drug-likeness (QED) is 0.459. The summed E-state index contributed by atoms with van der Waals surface area (Å²) in [7, 11) is 0. The van der Waals surface area contributed by atoms with E-state index in [2.05, 4.69) is 20.8 Å². The fraction of sp³-hybridized carbons (Fsp3) is 0.391. The second-order valence-corrected chi connectivity index (χ2v) is 9.26. The van der Waals surface area contributed by atoms with Crippen LogP contribution in [-0.4, -0.2) is 28.7 Å². The largest absolute Gasteiger partial charge is 0.449 e. The Labute approximate surface area is 195 Å². The number of thiophene rings is 1. The molecule has 174 valence electrons. The molecule has 1 unspecified atom stereocenters. The van der Waals surface area contributed by atoms with E-state index in [4.69, 9.17) is 15.0 Å². The lowest BCUT2D eigenvalue weighted by Gasteiger charge is -2.22. The highest BCUT2D eigenvalue weighted by Gasteiger charge is 2.26. The number of ether oxygens (including phenoxy) is 1. The van der Waals surface area contributed by atoms with Crippen molar-refractivity contribution in [2.75, 3.05) is 17.7 Å². The van der Waals surface area contributed by atoms with Gasteiger partial charge in [0.05, 0.1) is 24.5 Å². The van der Waals surface area contributed by atoms with Crippen LogP contribution in [0, 0.1) is 12.8 Å². The van der Waals surface area contributed by atoms with E-state index in [9.17, 15) is 9.59 Å². The first-order valence-electron chi connectivity index (χ1n) is 10.9. The van der Waals surface area contributed by atoms with Gasteiger partial charge in [-0.05, 0) is 55.7 Å². The molecule has 0 bridgehead atoms. The van der Waals surface area contributed by atoms with E-state index in [0.29, 0.717) is 35.9 Å². The van der Waals surface area contributed by atoms with Crippen LogP contribution in [0.25, 0.3) is 0 Å². The highest BCUT2D eigenvalue weighted by molar-refractivity contribution is 7.17. The van der Waals surface area contributed by atoms with Crippen LogP contribution >= 0.6 is 11.3 Å². The standard InChI is InChI=1S/C23H27N5O4S/c1-14-9-17(32-28-14)12-26-23(30)31-13-16-4-6-18-19(10-16)33-22(21(18)24)27-20(29)7-5-15-3-2-8-25-11-15/h2-3,8-9,11,16H,4-7,10,12-13,24H2,1H3,(H,26,30)(H,27,29). The van der Waals surface area contributed by atoms with Gasteiger partial charge in [0.1, 0.15) is 5.00 Å². The molecular formula is C23H27N5O4S. The molecule has 3 aromatic heterocycles. The normalized spacial score (nSPS) is 15.0. The van der Waals surface area contributed by atoms with Crippen molar-refractivity contribution in [2.24, 2.45) is 5.92 Å². The maximum absolute atomic E-state index is 12.4. The highest BCUT2D eigenvalue weighted by atomic mass is 32.1. The average molecular weight is 470 g/mol. The van der Waals surface area contributed by atoms with Crippen LogP contribution in [0.1, 0.15) is 40.3 Å². The molecule has 10 heteroatoms. The molecule has 0 saturated heterocycles. The summed E-state index contributed by atoms with van der Waals surface area (Å²) in [5, 5.41) is 10.1. The Morgan fingerprint density at radius 2 is 2.27 bits per heavy atom. The molecule has 0 saturated carbocycles. The van der Waals surface area contributed by atoms with Gasteiger partial charge in [-0.3, -0.25) is 9.78 Å². The third kappa shape index (κ3) is 6.10. The summed E-state index contributed by atoms with van der Waals surface area (Å²) >= 11 is 1.52. The van der Waals surface area contributed by atoms with Crippen LogP contribution in [0.2, 0.25) is 0 Å². The zero-order chi connectivity index (χ0) is 23.2. The van der Waals surface area contributed by atoms with Crippen molar-refractivity contribution in [1.29, 1.82) is 0 Å². The number of aryl methyl sites for hydroxylation is 2. The number of amides is 2. The van der Waals surface area contributed by atoms with Gasteiger partial charge < -0.3 is 25.6 Å². The van der Waals surface area contributed by atoms with E-state index in [0.717, 1.165) is 41.0 Å². The Balaban J connectivity index is 1.24. The number of alkyl carbamates (subject to hydrolysis) is 1. The molecule has 1 atom stereocenters. The van der Waals surface area contributed by atoms with E-state index in [-0.39, 0.29) is 18.4 Å². The van der Waals surface area contributed by atoms with E-state index < -0.39 is 6.09 Å². The van der Waals surface area contributed by atoms with E-state index in [1.165, 1.54) is 11.3 Å². The van der Waals surface area contributed by atoms with Crippen LogP contribution in [0.3, 0.4) is 0 Å². The number of carbonyl (C=O) groups is 2. The Hall–Kier alpha value is -3.40. The molecule has 0 aromatic carbocycles. The lowest BCUT2D eigenvalue weighted by molar-refractivity contribution is -0.116. The van der Waals surface area contributed by atoms with Gasteiger partial charge in [0.2, 0.25) is 5.91 Å². The topological polar surface area (TPSA) is 132 Å². The zero-order valence-electron chi connectivity index (χ0n) is 18.4. The molecular weight excluding hydrogens is 442 g/mol. The molecule has 0 fully saturated rings. The maximum atomic E-state index is 12.4. The molecule has 4 rings (SSSR count). The van der Waals surface area contributed by atoms with Gasteiger partial charge in [0.15, 0.2) is 5.76 Å². The highest BCUT2D eigenvalue weighted by Crippen LogP contribution is 2.41. The number of anilines is 2. The van der Waals surface area contributed by atoms with Crippen LogP contribution in [0.5, 0.6) is 0 Å². The molecule has 1 aliphatic rings. The van der Waals surface area contributed by atoms with Gasteiger partial charge in [-0.25, -0.2) is 4.79 Å². The smallest absolute Gasteiger partial charge is 0.407 e. The Bertz CT molecular complexity index is 1110. The molecule has 33 heavy (non-hydrogen) atoms. The first kappa shape index (κ1) is 22.8. The van der Waals surface area contributed by atoms with Crippen molar-refractivity contribution in [3.63, 3.8) is 0 Å². The number of aromatic nitrogens is 2. The number of fused-ring (bicyclic) bond motifs is 1. The van der Waals surface area contributed by atoms with Gasteiger partial charge in [-0.2, -0.15) is 0 Å². The van der Waals surface area contributed by atoms with Gasteiger partial charge in [-0.1, -0.05) is 11.2 Å². The number of rotatable bonds is 8. The Morgan fingerprint density at radius 1 is 1.39 bits per heavy atom. The van der Waals surface area contributed by atoms with Gasteiger partial charge >= 0.3 is 6.09 Å². The van der Waals surface area contributed by atoms with Gasteiger partial charge in [-0.15, -0.1) is 11.3 Å². The first-order chi connectivity index (χ1) is 16.0. The molecule has 0 radical (unpaired) electrons. The van der Waals surface area contributed by atoms with Crippen molar-refractivity contribution in [2.45, 2.75) is 45.6 Å². The average Bonchev–Trinajstić information content (AvgIpc) is 3.38. The molecule has 2 amide bonds. The summed E-state index contributed by atoms with van der Waals surface area (Å²) in [6, 6.07) is 5.58.